The number of hydrogen-bond acceptors (Lipinski definition) is 11. The highest BCUT2D eigenvalue weighted by Crippen LogP contribution is 2.41. The van der Waals surface area contributed by atoms with Crippen LogP contribution in [-0.4, -0.2) is 128 Å². The highest BCUT2D eigenvalue weighted by molar-refractivity contribution is 6.12. The highest BCUT2D eigenvalue weighted by atomic mass is 19.1. The molecule has 19 nitrogen and oxygen atoms in total. The maximum atomic E-state index is 16.2. The first kappa shape index (κ1) is 63.2. The number of halogens is 4. The summed E-state index contributed by atoms with van der Waals surface area (Å²) in [5.74, 6) is -6.84. The molecule has 82 heavy (non-hydrogen) atoms. The van der Waals surface area contributed by atoms with E-state index in [0.29, 0.717) is 42.5 Å². The molecule has 0 radical (unpaired) electrons. The maximum absolute atomic E-state index is 16.2. The second-order valence-electron chi connectivity index (χ2n) is 22.3. The molecule has 0 bridgehead atoms. The molecule has 442 valence electrons. The number of nitrogens with two attached hydrogens (primary N) is 1. The lowest BCUT2D eigenvalue weighted by atomic mass is 9.84. The molecule has 0 unspecified atom stereocenters. The van der Waals surface area contributed by atoms with Crippen molar-refractivity contribution in [1.29, 1.82) is 0 Å². The first-order valence-electron chi connectivity index (χ1n) is 27.4. The number of nitrogens with zero attached hydrogens (tertiary/aromatic N) is 5. The van der Waals surface area contributed by atoms with Crippen molar-refractivity contribution in [1.82, 2.24) is 34.9 Å². The highest BCUT2D eigenvalue weighted by Gasteiger charge is 2.44. The number of ether oxygens (including phenoxy) is 1. The first-order valence-corrected chi connectivity index (χ1v) is 27.4. The molecule has 1 aromatic heterocycles. The third-order valence-electron chi connectivity index (χ3n) is 14.3. The van der Waals surface area contributed by atoms with Gasteiger partial charge in [-0.15, -0.1) is 0 Å². The molecule has 23 heteroatoms. The van der Waals surface area contributed by atoms with Gasteiger partial charge in [-0.05, 0) is 97.5 Å². The molecule has 3 heterocycles. The Labute approximate surface area is 474 Å². The fraction of sp³-hybridized carbons (Fsp3) is 0.475. The van der Waals surface area contributed by atoms with Gasteiger partial charge in [-0.3, -0.25) is 33.7 Å². The fourth-order valence-electron chi connectivity index (χ4n) is 10.1. The average molecular weight is 1140 g/mol. The topological polar surface area (TPSA) is 256 Å². The van der Waals surface area contributed by atoms with E-state index in [1.807, 2.05) is 0 Å². The second kappa shape index (κ2) is 28.6. The van der Waals surface area contributed by atoms with E-state index in [-0.39, 0.29) is 112 Å². The second-order valence-corrected chi connectivity index (χ2v) is 22.3. The Balaban J connectivity index is 1.08. The summed E-state index contributed by atoms with van der Waals surface area (Å²) in [7, 11) is 0. The Bertz CT molecular complexity index is 2960. The SMILES string of the molecule is CC(C)[C@H](NC(=O)CCCCCN1C(=O)C=CC1=O)C(=O)C[C@@H](CCCNC(N)=O)C(=O)Nc1ccc(COC(=O)N2C[C@@H](CN(C(=O)[C@@H](C)O)[C@@H](c3nc(-c4cc(F)ccc4F)cn3Cc3cccc(F)c3)C(C)(C)C)[C@@H](F)C2)cc1. The van der Waals surface area contributed by atoms with Crippen molar-refractivity contribution in [2.24, 2.45) is 28.9 Å². The van der Waals surface area contributed by atoms with Gasteiger partial charge in [-0.2, -0.15) is 0 Å². The van der Waals surface area contributed by atoms with Gasteiger partial charge in [0.05, 0.1) is 24.3 Å². The van der Waals surface area contributed by atoms with Gasteiger partial charge in [-0.25, -0.2) is 32.1 Å². The van der Waals surface area contributed by atoms with E-state index >= 15 is 8.78 Å². The number of carbonyl (C=O) groups is 8. The Morgan fingerprint density at radius 1 is 0.878 bits per heavy atom. The zero-order valence-corrected chi connectivity index (χ0v) is 47.0. The van der Waals surface area contributed by atoms with Crippen LogP contribution in [0.2, 0.25) is 0 Å². The molecule has 6 N–H and O–H groups in total. The number of aliphatic hydroxyl groups is 1. The van der Waals surface area contributed by atoms with E-state index in [4.69, 9.17) is 15.5 Å². The van der Waals surface area contributed by atoms with Crippen LogP contribution in [0, 0.1) is 40.6 Å². The Morgan fingerprint density at radius 3 is 2.22 bits per heavy atom. The summed E-state index contributed by atoms with van der Waals surface area (Å²) < 4.78 is 67.6. The van der Waals surface area contributed by atoms with Gasteiger partial charge >= 0.3 is 12.1 Å². The number of aliphatic hydroxyl groups excluding tert-OH is 1. The third-order valence-corrected chi connectivity index (χ3v) is 14.3. The molecule has 1 fully saturated rings. The van der Waals surface area contributed by atoms with Crippen LogP contribution in [-0.2, 0) is 46.7 Å². The zero-order chi connectivity index (χ0) is 60.0. The Kier molecular flexibility index (Phi) is 22.1. The van der Waals surface area contributed by atoms with Crippen molar-refractivity contribution in [3.63, 3.8) is 0 Å². The van der Waals surface area contributed by atoms with E-state index in [1.54, 1.807) is 69.5 Å². The summed E-state index contributed by atoms with van der Waals surface area (Å²) in [4.78, 5) is 112. The van der Waals surface area contributed by atoms with Crippen LogP contribution in [0.15, 0.2) is 85.1 Å². The van der Waals surface area contributed by atoms with Crippen LogP contribution < -0.4 is 21.7 Å². The predicted octanol–water partition coefficient (Wildman–Crippen LogP) is 7.51. The monoisotopic (exact) mass is 1140 g/mol. The molecule has 2 aliphatic rings. The van der Waals surface area contributed by atoms with Gasteiger partial charge in [0.1, 0.15) is 42.2 Å². The minimum Gasteiger partial charge on any atom is -0.445 e. The number of likely N-dealkylation sites (tertiary alicyclic amines) is 1. The average Bonchev–Trinajstić information content (AvgIpc) is 4.26. The Hall–Kier alpha value is -7.95. The summed E-state index contributed by atoms with van der Waals surface area (Å²) in [6, 6.07) is 12.2. The lowest BCUT2D eigenvalue weighted by Gasteiger charge is -2.41. The number of imide groups is 1. The van der Waals surface area contributed by atoms with E-state index in [9.17, 15) is 52.2 Å². The predicted molar refractivity (Wildman–Crippen MR) is 295 cm³/mol. The number of alkyl halides is 1. The van der Waals surface area contributed by atoms with Crippen molar-refractivity contribution >= 4 is 53.1 Å². The molecule has 0 spiro atoms. The number of imidazole rings is 1. The molecule has 0 saturated carbocycles. The van der Waals surface area contributed by atoms with E-state index in [0.717, 1.165) is 28.0 Å². The summed E-state index contributed by atoms with van der Waals surface area (Å²) in [5.41, 5.74) is 5.48. The standard InChI is InChI=1S/C59H73F4N9O10/c1-35(2)52(68-49(75)15-8-7-9-25-71-50(76)22-23-51(71)77)48(74)27-39(13-11-24-65-57(64)80)55(78)66-43-19-16-37(17-20-43)34-82-58(81)70-30-40(46(63)32-70)31-72(56(79)36(3)73)53(59(4,5)6)54-67-47(44-28-42(61)18-21-45(44)62)33-69(54)29-38-12-10-14-41(60)26-38/h10,12,14,16-23,26,28,33,35-36,39-40,46,52-53,73H,7-9,11,13,15,24-25,27,29-32,34H2,1-6H3,(H,66,78)(H,68,75)(H3,64,65,80)/t36-,39-,40+,46+,52+,53+/m1/s1. The summed E-state index contributed by atoms with van der Waals surface area (Å²) in [6.07, 6.45) is 1.65. The largest absolute Gasteiger partial charge is 0.445 e. The van der Waals surface area contributed by atoms with Crippen molar-refractivity contribution in [3.8, 4) is 11.3 Å². The van der Waals surface area contributed by atoms with E-state index in [1.165, 1.54) is 48.4 Å². The van der Waals surface area contributed by atoms with Gasteiger partial charge in [0, 0.05) is 87.0 Å². The molecular formula is C59H73F4N9O10. The number of Topliss-reactive ketones (excluding diaryl/α,β-unsaturated/α-hetero) is 1. The molecule has 6 rings (SSSR count). The lowest BCUT2D eigenvalue weighted by molar-refractivity contribution is -0.146. The van der Waals surface area contributed by atoms with Crippen LogP contribution in [0.5, 0.6) is 0 Å². The third kappa shape index (κ3) is 17.5. The number of nitrogens with one attached hydrogen (secondary N) is 3. The molecule has 2 aliphatic heterocycles. The van der Waals surface area contributed by atoms with Gasteiger partial charge < -0.3 is 45.9 Å². The van der Waals surface area contributed by atoms with Gasteiger partial charge in [0.15, 0.2) is 5.78 Å². The van der Waals surface area contributed by atoms with E-state index < -0.39 is 83.0 Å². The molecular weight excluding hydrogens is 1070 g/mol. The number of anilines is 1. The summed E-state index contributed by atoms with van der Waals surface area (Å²) >= 11 is 0. The van der Waals surface area contributed by atoms with Crippen molar-refractivity contribution < 1.29 is 65.8 Å². The van der Waals surface area contributed by atoms with Gasteiger partial charge in [0.25, 0.3) is 17.7 Å². The quantitative estimate of drug-likeness (QED) is 0.0222. The zero-order valence-electron chi connectivity index (χ0n) is 47.0. The van der Waals surface area contributed by atoms with Gasteiger partial charge in [-0.1, -0.05) is 65.3 Å². The van der Waals surface area contributed by atoms with Crippen molar-refractivity contribution in [2.45, 2.75) is 124 Å². The van der Waals surface area contributed by atoms with Crippen LogP contribution in [0.4, 0.5) is 32.8 Å². The fourth-order valence-corrected chi connectivity index (χ4v) is 10.1. The first-order chi connectivity index (χ1) is 38.8. The number of carbonyl (C=O) groups excluding carboxylic acids is 8. The molecule has 3 aromatic carbocycles. The minimum atomic E-state index is -1.66. The number of urea groups is 1. The minimum absolute atomic E-state index is 0.00924. The number of ketones is 1. The number of aromatic nitrogens is 2. The number of rotatable bonds is 27. The van der Waals surface area contributed by atoms with Gasteiger partial charge in [0.2, 0.25) is 11.8 Å². The molecule has 0 aliphatic carbocycles. The molecule has 6 atom stereocenters. The molecule has 1 saturated heterocycles. The number of primary amides is 1. The number of amides is 8. The number of benzene rings is 3. The van der Waals surface area contributed by atoms with Crippen LogP contribution in [0.25, 0.3) is 11.3 Å². The Morgan fingerprint density at radius 2 is 1.57 bits per heavy atom. The van der Waals surface area contributed by atoms with Crippen LogP contribution in [0.3, 0.4) is 0 Å². The number of hydrogen-bond donors (Lipinski definition) is 5. The lowest BCUT2D eigenvalue weighted by Crippen LogP contribution is -2.49. The van der Waals surface area contributed by atoms with E-state index in [2.05, 4.69) is 16.0 Å². The molecule has 4 aromatic rings. The van der Waals surface area contributed by atoms with Crippen LogP contribution >= 0.6 is 0 Å². The molecule has 8 amide bonds. The smallest absolute Gasteiger partial charge is 0.410 e. The normalized spacial score (nSPS) is 16.7. The van der Waals surface area contributed by atoms with Crippen LogP contribution in [0.1, 0.15) is 109 Å². The number of unbranched alkanes of at least 4 members (excludes halogenated alkanes) is 2. The van der Waals surface area contributed by atoms with Crippen molar-refractivity contribution in [3.05, 3.63) is 119 Å². The summed E-state index contributed by atoms with van der Waals surface area (Å²) in [5, 5.41) is 18.9. The maximum Gasteiger partial charge on any atom is 0.410 e. The van der Waals surface area contributed by atoms with Crippen molar-refractivity contribution in [2.75, 3.05) is 38.0 Å². The summed E-state index contributed by atoms with van der Waals surface area (Å²) in [6.45, 7) is 9.38.